The Hall–Kier alpha value is -2.63. The molecule has 0 unspecified atom stereocenters. The molecule has 0 spiro atoms. The Balaban J connectivity index is 1.31. The first-order chi connectivity index (χ1) is 15.5. The van der Waals surface area contributed by atoms with Gasteiger partial charge in [0.05, 0.1) is 11.1 Å². The van der Waals surface area contributed by atoms with E-state index >= 15 is 0 Å². The number of likely N-dealkylation sites (tertiary alicyclic amines) is 1. The molecule has 0 amide bonds. The summed E-state index contributed by atoms with van der Waals surface area (Å²) in [6.45, 7) is 4.36. The van der Waals surface area contributed by atoms with E-state index < -0.39 is 11.3 Å². The summed E-state index contributed by atoms with van der Waals surface area (Å²) in [7, 11) is 0. The van der Waals surface area contributed by atoms with Gasteiger partial charge in [-0.25, -0.2) is 8.78 Å². The highest BCUT2D eigenvalue weighted by Gasteiger charge is 2.35. The summed E-state index contributed by atoms with van der Waals surface area (Å²) >= 11 is 0. The van der Waals surface area contributed by atoms with Crippen LogP contribution in [0.5, 0.6) is 0 Å². The Labute approximate surface area is 187 Å². The first-order valence-corrected chi connectivity index (χ1v) is 11.3. The van der Waals surface area contributed by atoms with Crippen LogP contribution in [-0.4, -0.2) is 67.9 Å². The monoisotopic (exact) mass is 441 g/mol. The van der Waals surface area contributed by atoms with Gasteiger partial charge in [0, 0.05) is 81.3 Å². The Morgan fingerprint density at radius 2 is 1.88 bits per heavy atom. The van der Waals surface area contributed by atoms with Crippen LogP contribution in [0.25, 0.3) is 10.9 Å². The lowest BCUT2D eigenvalue weighted by molar-refractivity contribution is -0.117. The third kappa shape index (κ3) is 4.89. The Morgan fingerprint density at radius 3 is 2.56 bits per heavy atom. The molecule has 1 aromatic carbocycles. The molecule has 0 atom stereocenters. The summed E-state index contributed by atoms with van der Waals surface area (Å²) in [5.41, 5.74) is 1.90. The molecule has 2 saturated heterocycles. The number of nitriles is 1. The highest BCUT2D eigenvalue weighted by Crippen LogP contribution is 2.35. The SMILES string of the molecule is N#Cc1ccc(N2CCC(C=O)(CNCCN3CCC(F)(F)CC3)CC2)c2cccnc12. The topological polar surface area (TPSA) is 72.3 Å². The van der Waals surface area contributed by atoms with Crippen molar-refractivity contribution >= 4 is 22.9 Å². The summed E-state index contributed by atoms with van der Waals surface area (Å²) in [6, 6.07) is 9.84. The minimum atomic E-state index is -2.52. The first-order valence-electron chi connectivity index (χ1n) is 11.3. The van der Waals surface area contributed by atoms with Gasteiger partial charge in [0.2, 0.25) is 0 Å². The second-order valence-corrected chi connectivity index (χ2v) is 8.99. The zero-order valence-corrected chi connectivity index (χ0v) is 18.2. The fraction of sp³-hybridized carbons (Fsp3) is 0.542. The summed E-state index contributed by atoms with van der Waals surface area (Å²) < 4.78 is 26.6. The lowest BCUT2D eigenvalue weighted by atomic mass is 9.79. The molecule has 1 N–H and O–H groups in total. The van der Waals surface area contributed by atoms with E-state index in [4.69, 9.17) is 0 Å². The molecule has 2 aliphatic rings. The zero-order chi connectivity index (χ0) is 22.6. The van der Waals surface area contributed by atoms with Crippen LogP contribution < -0.4 is 10.2 Å². The van der Waals surface area contributed by atoms with Crippen LogP contribution in [0.2, 0.25) is 0 Å². The number of carbonyl (C=O) groups is 1. The van der Waals surface area contributed by atoms with Crippen LogP contribution in [0.4, 0.5) is 14.5 Å². The van der Waals surface area contributed by atoms with Crippen molar-refractivity contribution in [2.24, 2.45) is 5.41 Å². The van der Waals surface area contributed by atoms with Crippen molar-refractivity contribution in [3.05, 3.63) is 36.0 Å². The van der Waals surface area contributed by atoms with Crippen LogP contribution in [0.3, 0.4) is 0 Å². The van der Waals surface area contributed by atoms with E-state index in [1.54, 1.807) is 6.20 Å². The van der Waals surface area contributed by atoms with Crippen molar-refractivity contribution < 1.29 is 13.6 Å². The van der Waals surface area contributed by atoms with Gasteiger partial charge < -0.3 is 19.9 Å². The lowest BCUT2D eigenvalue weighted by Crippen LogP contribution is -2.48. The van der Waals surface area contributed by atoms with Gasteiger partial charge in [0.1, 0.15) is 12.4 Å². The number of fused-ring (bicyclic) bond motifs is 1. The second kappa shape index (κ2) is 9.47. The number of carbonyl (C=O) groups excluding carboxylic acids is 1. The number of aromatic nitrogens is 1. The van der Waals surface area contributed by atoms with Gasteiger partial charge in [-0.2, -0.15) is 5.26 Å². The van der Waals surface area contributed by atoms with E-state index in [1.165, 1.54) is 0 Å². The molecule has 6 nitrogen and oxygen atoms in total. The third-order valence-electron chi connectivity index (χ3n) is 6.89. The molecular formula is C24H29F2N5O. The van der Waals surface area contributed by atoms with Crippen molar-refractivity contribution in [1.29, 1.82) is 5.26 Å². The van der Waals surface area contributed by atoms with E-state index in [1.807, 2.05) is 24.3 Å². The molecule has 3 heterocycles. The Bertz CT molecular complexity index is 988. The van der Waals surface area contributed by atoms with Crippen LogP contribution in [0.1, 0.15) is 31.2 Å². The first kappa shape index (κ1) is 22.6. The van der Waals surface area contributed by atoms with Crippen molar-refractivity contribution in [2.45, 2.75) is 31.6 Å². The number of anilines is 1. The van der Waals surface area contributed by atoms with Gasteiger partial charge in [-0.15, -0.1) is 0 Å². The molecule has 170 valence electrons. The van der Waals surface area contributed by atoms with Gasteiger partial charge in [-0.3, -0.25) is 4.98 Å². The lowest BCUT2D eigenvalue weighted by Gasteiger charge is -2.40. The minimum absolute atomic E-state index is 0.0688. The number of aldehydes is 1. The standard InChI is InChI=1S/C24H29F2N5O/c25-24(26)7-11-30(12-8-24)15-10-28-17-23(18-32)5-13-31(14-6-23)21-4-3-19(16-27)22-20(21)2-1-9-29-22/h1-4,9,18,28H,5-8,10-15,17H2. The van der Waals surface area contributed by atoms with Gasteiger partial charge in [-0.1, -0.05) is 0 Å². The Morgan fingerprint density at radius 1 is 1.12 bits per heavy atom. The second-order valence-electron chi connectivity index (χ2n) is 8.99. The van der Waals surface area contributed by atoms with E-state index in [0.29, 0.717) is 37.3 Å². The van der Waals surface area contributed by atoms with Gasteiger partial charge in [-0.05, 0) is 37.1 Å². The quantitative estimate of drug-likeness (QED) is 0.526. The van der Waals surface area contributed by atoms with Gasteiger partial charge >= 0.3 is 0 Å². The Kier molecular flexibility index (Phi) is 6.68. The predicted molar refractivity (Wildman–Crippen MR) is 120 cm³/mol. The maximum Gasteiger partial charge on any atom is 0.250 e. The number of hydrogen-bond donors (Lipinski definition) is 1. The molecular weight excluding hydrogens is 412 g/mol. The number of piperidine rings is 2. The number of hydrogen-bond acceptors (Lipinski definition) is 6. The highest BCUT2D eigenvalue weighted by atomic mass is 19.3. The summed E-state index contributed by atoms with van der Waals surface area (Å²) in [6.07, 6.45) is 4.11. The van der Waals surface area contributed by atoms with Crippen LogP contribution in [-0.2, 0) is 4.79 Å². The largest absolute Gasteiger partial charge is 0.371 e. The average molecular weight is 442 g/mol. The molecule has 4 rings (SSSR count). The third-order valence-corrected chi connectivity index (χ3v) is 6.89. The summed E-state index contributed by atoms with van der Waals surface area (Å²) in [4.78, 5) is 20.7. The highest BCUT2D eigenvalue weighted by molar-refractivity contribution is 5.95. The molecule has 0 aliphatic carbocycles. The molecule has 2 fully saturated rings. The molecule has 0 bridgehead atoms. The van der Waals surface area contributed by atoms with E-state index in [9.17, 15) is 18.8 Å². The number of halogens is 2. The summed E-state index contributed by atoms with van der Waals surface area (Å²) in [5, 5.41) is 13.7. The van der Waals surface area contributed by atoms with E-state index in [2.05, 4.69) is 26.2 Å². The smallest absolute Gasteiger partial charge is 0.250 e. The predicted octanol–water partition coefficient (Wildman–Crippen LogP) is 3.21. The maximum atomic E-state index is 13.3. The van der Waals surface area contributed by atoms with Gasteiger partial charge in [0.15, 0.2) is 0 Å². The minimum Gasteiger partial charge on any atom is -0.371 e. The molecule has 8 heteroatoms. The van der Waals surface area contributed by atoms with Crippen molar-refractivity contribution in [1.82, 2.24) is 15.2 Å². The molecule has 32 heavy (non-hydrogen) atoms. The van der Waals surface area contributed by atoms with Crippen LogP contribution >= 0.6 is 0 Å². The number of pyridine rings is 1. The molecule has 2 aromatic rings. The average Bonchev–Trinajstić information content (AvgIpc) is 2.82. The van der Waals surface area contributed by atoms with Crippen LogP contribution in [0.15, 0.2) is 30.5 Å². The van der Waals surface area contributed by atoms with Gasteiger partial charge in [0.25, 0.3) is 5.92 Å². The summed E-state index contributed by atoms with van der Waals surface area (Å²) in [5.74, 6) is -2.52. The van der Waals surface area contributed by atoms with E-state index in [0.717, 1.165) is 49.8 Å². The fourth-order valence-electron chi connectivity index (χ4n) is 4.73. The zero-order valence-electron chi connectivity index (χ0n) is 18.2. The normalized spacial score (nSPS) is 20.7. The van der Waals surface area contributed by atoms with Crippen molar-refractivity contribution in [3.63, 3.8) is 0 Å². The molecule has 0 radical (unpaired) electrons. The number of nitrogens with one attached hydrogen (secondary N) is 1. The molecule has 0 saturated carbocycles. The molecule has 2 aliphatic heterocycles. The number of alkyl halides is 2. The maximum absolute atomic E-state index is 13.3. The number of nitrogens with zero attached hydrogens (tertiary/aromatic N) is 4. The van der Waals surface area contributed by atoms with Crippen molar-refractivity contribution in [2.75, 3.05) is 50.7 Å². The van der Waals surface area contributed by atoms with Crippen LogP contribution in [0, 0.1) is 16.7 Å². The fourth-order valence-corrected chi connectivity index (χ4v) is 4.73. The van der Waals surface area contributed by atoms with Crippen molar-refractivity contribution in [3.8, 4) is 6.07 Å². The molecule has 1 aromatic heterocycles. The van der Waals surface area contributed by atoms with E-state index in [-0.39, 0.29) is 12.8 Å². The number of rotatable bonds is 7. The number of benzene rings is 1.